The lowest BCUT2D eigenvalue weighted by Gasteiger charge is -2.22. The standard InChI is InChI=1S/C22H26N6O4/c1-3-13(2)21(29)31-11-19-18-9-16-8-14(4-6-17(16)28(18)22(30)32-19)15-5-7-20(23-10-15)27-12-24-25-26-27/h5,8,12-13,18-19H,3-4,6-7,9-11H2,1-2H3. The molecule has 4 heterocycles. The van der Waals surface area contributed by atoms with Gasteiger partial charge in [-0.1, -0.05) is 26.0 Å². The van der Waals surface area contributed by atoms with Gasteiger partial charge in [-0.25, -0.2) is 4.79 Å². The monoisotopic (exact) mass is 438 g/mol. The fourth-order valence-corrected chi connectivity index (χ4v) is 4.63. The van der Waals surface area contributed by atoms with Crippen LogP contribution in [0, 0.1) is 5.92 Å². The Balaban J connectivity index is 1.26. The predicted octanol–water partition coefficient (Wildman–Crippen LogP) is 2.41. The molecule has 0 N–H and O–H groups in total. The van der Waals surface area contributed by atoms with Crippen LogP contribution >= 0.6 is 0 Å². The van der Waals surface area contributed by atoms with E-state index in [1.54, 1.807) is 15.9 Å². The fourth-order valence-electron chi connectivity index (χ4n) is 4.63. The number of amides is 1. The molecule has 0 spiro atoms. The molecule has 1 saturated heterocycles. The minimum Gasteiger partial charge on any atom is -0.461 e. The molecular weight excluding hydrogens is 412 g/mol. The Morgan fingerprint density at radius 3 is 2.94 bits per heavy atom. The molecule has 3 unspecified atom stereocenters. The van der Waals surface area contributed by atoms with E-state index in [2.05, 4.69) is 32.7 Å². The van der Waals surface area contributed by atoms with E-state index in [0.717, 1.165) is 30.8 Å². The second-order valence-electron chi connectivity index (χ2n) is 8.56. The third-order valence-corrected chi connectivity index (χ3v) is 6.67. The first-order valence-electron chi connectivity index (χ1n) is 11.1. The first-order valence-corrected chi connectivity index (χ1v) is 11.1. The topological polar surface area (TPSA) is 112 Å². The average Bonchev–Trinajstić information content (AvgIpc) is 3.54. The number of carbonyl (C=O) groups excluding carboxylic acids is 2. The highest BCUT2D eigenvalue weighted by molar-refractivity contribution is 5.86. The van der Waals surface area contributed by atoms with Gasteiger partial charge in [-0.3, -0.25) is 14.7 Å². The Labute approximate surface area is 185 Å². The Hall–Kier alpha value is -3.30. The summed E-state index contributed by atoms with van der Waals surface area (Å²) in [5.41, 5.74) is 4.68. The second-order valence-corrected chi connectivity index (χ2v) is 8.56. The molecule has 3 aliphatic heterocycles. The third kappa shape index (κ3) is 3.63. The number of dihydropyridines is 1. The predicted molar refractivity (Wildman–Crippen MR) is 113 cm³/mol. The van der Waals surface area contributed by atoms with Crippen molar-refractivity contribution >= 4 is 17.9 Å². The van der Waals surface area contributed by atoms with E-state index in [1.807, 2.05) is 13.8 Å². The van der Waals surface area contributed by atoms with E-state index in [1.165, 1.54) is 16.7 Å². The van der Waals surface area contributed by atoms with Crippen molar-refractivity contribution < 1.29 is 19.1 Å². The van der Waals surface area contributed by atoms with Gasteiger partial charge in [0.1, 0.15) is 18.8 Å². The molecule has 0 aromatic carbocycles. The van der Waals surface area contributed by atoms with Crippen molar-refractivity contribution in [2.45, 2.75) is 58.1 Å². The number of rotatable bonds is 5. The summed E-state index contributed by atoms with van der Waals surface area (Å²) < 4.78 is 12.6. The maximum Gasteiger partial charge on any atom is 0.414 e. The molecule has 168 valence electrons. The number of aromatic nitrogens is 4. The summed E-state index contributed by atoms with van der Waals surface area (Å²) in [7, 11) is 0. The molecule has 0 bridgehead atoms. The third-order valence-electron chi connectivity index (χ3n) is 6.67. The van der Waals surface area contributed by atoms with Crippen molar-refractivity contribution in [3.63, 3.8) is 0 Å². The first-order chi connectivity index (χ1) is 15.5. The van der Waals surface area contributed by atoms with Crippen LogP contribution in [0.15, 0.2) is 45.9 Å². The molecule has 1 aromatic heterocycles. The quantitative estimate of drug-likeness (QED) is 0.649. The Kier molecular flexibility index (Phi) is 5.36. The minimum atomic E-state index is -0.435. The van der Waals surface area contributed by atoms with Crippen LogP contribution in [0.1, 0.15) is 46.0 Å². The van der Waals surface area contributed by atoms with Gasteiger partial charge in [0.2, 0.25) is 0 Å². The number of aliphatic imine (C=N–C) groups is 1. The summed E-state index contributed by atoms with van der Waals surface area (Å²) in [4.78, 5) is 31.0. The zero-order valence-electron chi connectivity index (χ0n) is 18.2. The summed E-state index contributed by atoms with van der Waals surface area (Å²) in [6, 6.07) is -0.113. The van der Waals surface area contributed by atoms with Crippen LogP contribution in [0.25, 0.3) is 0 Å². The van der Waals surface area contributed by atoms with E-state index in [9.17, 15) is 9.59 Å². The van der Waals surface area contributed by atoms with Gasteiger partial charge in [-0.05, 0) is 52.8 Å². The van der Waals surface area contributed by atoms with Gasteiger partial charge in [0.25, 0.3) is 0 Å². The van der Waals surface area contributed by atoms with Crippen LogP contribution in [0.5, 0.6) is 0 Å². The van der Waals surface area contributed by atoms with E-state index in [4.69, 9.17) is 9.47 Å². The smallest absolute Gasteiger partial charge is 0.414 e. The van der Waals surface area contributed by atoms with Crippen molar-refractivity contribution in [1.29, 1.82) is 0 Å². The normalized spacial score (nSPS) is 25.5. The van der Waals surface area contributed by atoms with Crippen LogP contribution in [-0.4, -0.2) is 68.3 Å². The van der Waals surface area contributed by atoms with Crippen LogP contribution in [-0.2, 0) is 14.3 Å². The van der Waals surface area contributed by atoms with E-state index in [0.29, 0.717) is 19.4 Å². The van der Waals surface area contributed by atoms with Crippen LogP contribution in [0.4, 0.5) is 4.79 Å². The molecule has 1 fully saturated rings. The highest BCUT2D eigenvalue weighted by atomic mass is 16.6. The van der Waals surface area contributed by atoms with E-state index >= 15 is 0 Å². The summed E-state index contributed by atoms with van der Waals surface area (Å²) in [5.74, 6) is 0.427. The average molecular weight is 438 g/mol. The molecular formula is C22H26N6O4. The molecule has 0 radical (unpaired) electrons. The first kappa shape index (κ1) is 20.6. The summed E-state index contributed by atoms with van der Waals surface area (Å²) >= 11 is 0. The molecule has 32 heavy (non-hydrogen) atoms. The van der Waals surface area contributed by atoms with Crippen molar-refractivity contribution in [2.24, 2.45) is 10.9 Å². The Bertz CT molecular complexity index is 1050. The fraction of sp³-hybridized carbons (Fsp3) is 0.545. The molecule has 1 amide bonds. The number of esters is 1. The number of carbonyl (C=O) groups is 2. The SMILES string of the molecule is CCC(C)C(=O)OCC1OC(=O)N2C3=C(C=C(C4=CCC(n5cnnn5)=NC4)CC3)CC12. The van der Waals surface area contributed by atoms with Gasteiger partial charge in [0, 0.05) is 12.1 Å². The van der Waals surface area contributed by atoms with Gasteiger partial charge in [-0.15, -0.1) is 5.10 Å². The molecule has 10 nitrogen and oxygen atoms in total. The minimum absolute atomic E-state index is 0.104. The molecule has 1 aliphatic carbocycles. The number of tetrazole rings is 1. The van der Waals surface area contributed by atoms with Crippen LogP contribution in [0.2, 0.25) is 0 Å². The molecule has 5 rings (SSSR count). The lowest BCUT2D eigenvalue weighted by Crippen LogP contribution is -2.34. The number of hydrogen-bond acceptors (Lipinski definition) is 8. The molecule has 10 heteroatoms. The van der Waals surface area contributed by atoms with Crippen molar-refractivity contribution in [3.8, 4) is 0 Å². The molecule has 1 aromatic rings. The lowest BCUT2D eigenvalue weighted by atomic mass is 9.90. The van der Waals surface area contributed by atoms with Gasteiger partial charge < -0.3 is 9.47 Å². The molecule has 3 atom stereocenters. The van der Waals surface area contributed by atoms with Crippen LogP contribution < -0.4 is 0 Å². The number of cyclic esters (lactones) is 1. The summed E-state index contributed by atoms with van der Waals surface area (Å²) in [6.07, 6.45) is 8.91. The van der Waals surface area contributed by atoms with E-state index < -0.39 is 6.10 Å². The zero-order valence-corrected chi connectivity index (χ0v) is 18.2. The van der Waals surface area contributed by atoms with Crippen LogP contribution in [0.3, 0.4) is 0 Å². The highest BCUT2D eigenvalue weighted by Crippen LogP contribution is 2.43. The van der Waals surface area contributed by atoms with Crippen molar-refractivity contribution in [3.05, 3.63) is 40.9 Å². The number of ether oxygens (including phenoxy) is 2. The number of allylic oxidation sites excluding steroid dienone is 3. The number of nitrogens with zero attached hydrogens (tertiary/aromatic N) is 6. The summed E-state index contributed by atoms with van der Waals surface area (Å²) in [6.45, 7) is 4.48. The number of fused-ring (bicyclic) bond motifs is 2. The highest BCUT2D eigenvalue weighted by Gasteiger charge is 2.49. The Morgan fingerprint density at radius 2 is 2.22 bits per heavy atom. The van der Waals surface area contributed by atoms with Gasteiger partial charge >= 0.3 is 12.1 Å². The van der Waals surface area contributed by atoms with Gasteiger partial charge in [0.05, 0.1) is 18.5 Å². The summed E-state index contributed by atoms with van der Waals surface area (Å²) in [5, 5.41) is 11.2. The lowest BCUT2D eigenvalue weighted by molar-refractivity contribution is -0.150. The van der Waals surface area contributed by atoms with E-state index in [-0.39, 0.29) is 30.6 Å². The Morgan fingerprint density at radius 1 is 1.34 bits per heavy atom. The molecule has 4 aliphatic rings. The second kappa shape index (κ2) is 8.33. The van der Waals surface area contributed by atoms with Crippen molar-refractivity contribution in [2.75, 3.05) is 13.2 Å². The molecule has 0 saturated carbocycles. The maximum atomic E-state index is 12.5. The maximum absolute atomic E-state index is 12.5. The number of hydrogen-bond donors (Lipinski definition) is 0. The van der Waals surface area contributed by atoms with Gasteiger partial charge in [0.15, 0.2) is 6.10 Å². The van der Waals surface area contributed by atoms with Crippen molar-refractivity contribution in [1.82, 2.24) is 25.1 Å². The zero-order chi connectivity index (χ0) is 22.2. The van der Waals surface area contributed by atoms with Gasteiger partial charge in [-0.2, -0.15) is 4.68 Å². The largest absolute Gasteiger partial charge is 0.461 e.